The third-order valence-corrected chi connectivity index (χ3v) is 8.25. The van der Waals surface area contributed by atoms with E-state index in [1.54, 1.807) is 16.2 Å². The largest absolute Gasteiger partial charge is 0.342 e. The molecule has 202 valence electrons. The SMILES string of the molecule is Cc1nc(-c2cc(C(=O)N3CCN(CC(=O)N(C)c4ccccc4)CC3)c(C)n2CCc2ccccc2)cs1. The third kappa shape index (κ3) is 6.13. The van der Waals surface area contributed by atoms with Crippen molar-refractivity contribution in [3.05, 3.63) is 93.9 Å². The van der Waals surface area contributed by atoms with Gasteiger partial charge in [-0.1, -0.05) is 48.5 Å². The summed E-state index contributed by atoms with van der Waals surface area (Å²) in [5.74, 6) is 0.0991. The van der Waals surface area contributed by atoms with Crippen LogP contribution in [0.3, 0.4) is 0 Å². The van der Waals surface area contributed by atoms with Gasteiger partial charge >= 0.3 is 0 Å². The molecule has 0 N–H and O–H groups in total. The Hall–Kier alpha value is -3.75. The molecule has 0 aliphatic carbocycles. The zero-order valence-electron chi connectivity index (χ0n) is 22.8. The first kappa shape index (κ1) is 26.8. The number of hydrogen-bond acceptors (Lipinski definition) is 5. The smallest absolute Gasteiger partial charge is 0.255 e. The Labute approximate surface area is 234 Å². The summed E-state index contributed by atoms with van der Waals surface area (Å²) in [4.78, 5) is 37.0. The van der Waals surface area contributed by atoms with Crippen LogP contribution in [0.4, 0.5) is 5.69 Å². The lowest BCUT2D eigenvalue weighted by Crippen LogP contribution is -2.51. The Kier molecular flexibility index (Phi) is 8.24. The Morgan fingerprint density at radius 2 is 1.62 bits per heavy atom. The third-order valence-electron chi connectivity index (χ3n) is 7.48. The van der Waals surface area contributed by atoms with Gasteiger partial charge in [0.25, 0.3) is 5.91 Å². The number of anilines is 1. The van der Waals surface area contributed by atoms with Crippen LogP contribution in [0.2, 0.25) is 0 Å². The first-order valence-electron chi connectivity index (χ1n) is 13.4. The van der Waals surface area contributed by atoms with Crippen molar-refractivity contribution in [2.45, 2.75) is 26.8 Å². The van der Waals surface area contributed by atoms with Gasteiger partial charge in [-0.2, -0.15) is 0 Å². The minimum absolute atomic E-state index is 0.0477. The van der Waals surface area contributed by atoms with E-state index in [1.807, 2.05) is 68.3 Å². The maximum absolute atomic E-state index is 13.7. The van der Waals surface area contributed by atoms with Crippen LogP contribution in [0, 0.1) is 13.8 Å². The van der Waals surface area contributed by atoms with Crippen molar-refractivity contribution in [1.82, 2.24) is 19.4 Å². The molecule has 0 unspecified atom stereocenters. The molecule has 5 rings (SSSR count). The van der Waals surface area contributed by atoms with E-state index in [0.29, 0.717) is 32.7 Å². The molecule has 2 aromatic carbocycles. The predicted molar refractivity (Wildman–Crippen MR) is 157 cm³/mol. The van der Waals surface area contributed by atoms with E-state index in [1.165, 1.54) is 5.56 Å². The molecule has 2 aromatic heterocycles. The van der Waals surface area contributed by atoms with Gasteiger partial charge in [-0.3, -0.25) is 14.5 Å². The highest BCUT2D eigenvalue weighted by Gasteiger charge is 2.28. The highest BCUT2D eigenvalue weighted by atomic mass is 32.1. The molecule has 3 heterocycles. The van der Waals surface area contributed by atoms with Crippen molar-refractivity contribution in [1.29, 1.82) is 0 Å². The number of benzene rings is 2. The standard InChI is InChI=1S/C31H35N5O2S/c1-23-27(20-29(28-22-39-24(2)32-28)36(23)15-14-25-10-6-4-7-11-25)31(38)35-18-16-34(17-19-35)21-30(37)33(3)26-12-8-5-9-13-26/h4-13,20,22H,14-19,21H2,1-3H3. The fraction of sp³-hybridized carbons (Fsp3) is 0.323. The van der Waals surface area contributed by atoms with Crippen LogP contribution >= 0.6 is 11.3 Å². The number of aromatic nitrogens is 2. The number of nitrogens with zero attached hydrogens (tertiary/aromatic N) is 5. The Bertz CT molecular complexity index is 1420. The first-order chi connectivity index (χ1) is 18.9. The van der Waals surface area contributed by atoms with E-state index in [2.05, 4.69) is 39.1 Å². The van der Waals surface area contributed by atoms with Gasteiger partial charge in [0.1, 0.15) is 0 Å². The molecular weight excluding hydrogens is 506 g/mol. The monoisotopic (exact) mass is 541 g/mol. The van der Waals surface area contributed by atoms with E-state index in [-0.39, 0.29) is 11.8 Å². The molecule has 1 saturated heterocycles. The van der Waals surface area contributed by atoms with Crippen LogP contribution in [0.15, 0.2) is 72.1 Å². The maximum Gasteiger partial charge on any atom is 0.255 e. The lowest BCUT2D eigenvalue weighted by atomic mass is 10.1. The number of amides is 2. The molecule has 2 amide bonds. The van der Waals surface area contributed by atoms with Crippen molar-refractivity contribution in [3.63, 3.8) is 0 Å². The van der Waals surface area contributed by atoms with Crippen LogP contribution in [-0.4, -0.2) is 70.9 Å². The van der Waals surface area contributed by atoms with Crippen LogP contribution in [0.1, 0.15) is 26.6 Å². The zero-order chi connectivity index (χ0) is 27.4. The molecule has 4 aromatic rings. The van der Waals surface area contributed by atoms with Gasteiger partial charge in [-0.25, -0.2) is 4.98 Å². The van der Waals surface area contributed by atoms with Gasteiger partial charge in [0.2, 0.25) is 5.91 Å². The fourth-order valence-electron chi connectivity index (χ4n) is 5.10. The van der Waals surface area contributed by atoms with Crippen molar-refractivity contribution < 1.29 is 9.59 Å². The molecule has 0 saturated carbocycles. The average molecular weight is 542 g/mol. The molecule has 7 nitrogen and oxygen atoms in total. The number of para-hydroxylation sites is 1. The molecule has 0 spiro atoms. The molecular formula is C31H35N5O2S. The highest BCUT2D eigenvalue weighted by molar-refractivity contribution is 7.09. The molecule has 0 bridgehead atoms. The molecule has 39 heavy (non-hydrogen) atoms. The van der Waals surface area contributed by atoms with Gasteiger partial charge < -0.3 is 14.4 Å². The lowest BCUT2D eigenvalue weighted by Gasteiger charge is -2.35. The number of carbonyl (C=O) groups is 2. The van der Waals surface area contributed by atoms with Crippen molar-refractivity contribution in [2.75, 3.05) is 44.7 Å². The van der Waals surface area contributed by atoms with Crippen LogP contribution in [-0.2, 0) is 17.8 Å². The number of likely N-dealkylation sites (N-methyl/N-ethyl adjacent to an activating group) is 1. The zero-order valence-corrected chi connectivity index (χ0v) is 23.7. The predicted octanol–water partition coefficient (Wildman–Crippen LogP) is 4.89. The maximum atomic E-state index is 13.7. The quantitative estimate of drug-likeness (QED) is 0.319. The van der Waals surface area contributed by atoms with Crippen LogP contribution in [0.25, 0.3) is 11.4 Å². The topological polar surface area (TPSA) is 61.7 Å². The van der Waals surface area contributed by atoms with Gasteiger partial charge in [-0.15, -0.1) is 11.3 Å². The Balaban J connectivity index is 1.27. The van der Waals surface area contributed by atoms with Crippen molar-refractivity contribution in [2.24, 2.45) is 0 Å². The molecule has 0 atom stereocenters. The Morgan fingerprint density at radius 3 is 2.26 bits per heavy atom. The number of carbonyl (C=O) groups excluding carboxylic acids is 2. The van der Waals surface area contributed by atoms with Crippen molar-refractivity contribution in [3.8, 4) is 11.4 Å². The minimum Gasteiger partial charge on any atom is -0.342 e. The number of hydrogen-bond donors (Lipinski definition) is 0. The first-order valence-corrected chi connectivity index (χ1v) is 14.3. The molecule has 1 aliphatic heterocycles. The van der Waals surface area contributed by atoms with E-state index in [4.69, 9.17) is 4.98 Å². The molecule has 8 heteroatoms. The summed E-state index contributed by atoms with van der Waals surface area (Å²) in [5.41, 5.74) is 5.76. The van der Waals surface area contributed by atoms with Crippen molar-refractivity contribution >= 4 is 28.8 Å². The summed E-state index contributed by atoms with van der Waals surface area (Å²) in [6, 6.07) is 22.1. The summed E-state index contributed by atoms with van der Waals surface area (Å²) < 4.78 is 2.24. The van der Waals surface area contributed by atoms with Gasteiger partial charge in [-0.05, 0) is 44.0 Å². The van der Waals surface area contributed by atoms with E-state index in [0.717, 1.165) is 46.3 Å². The molecule has 1 fully saturated rings. The van der Waals surface area contributed by atoms with E-state index in [9.17, 15) is 9.59 Å². The number of aryl methyl sites for hydroxylation is 2. The van der Waals surface area contributed by atoms with E-state index >= 15 is 0 Å². The number of piperazine rings is 1. The second-order valence-electron chi connectivity index (χ2n) is 10.0. The average Bonchev–Trinajstić information content (AvgIpc) is 3.55. The van der Waals surface area contributed by atoms with Crippen LogP contribution in [0.5, 0.6) is 0 Å². The lowest BCUT2D eigenvalue weighted by molar-refractivity contribution is -0.119. The summed E-state index contributed by atoms with van der Waals surface area (Å²) in [5, 5.41) is 3.08. The van der Waals surface area contributed by atoms with Gasteiger partial charge in [0.15, 0.2) is 0 Å². The fourth-order valence-corrected chi connectivity index (χ4v) is 5.71. The molecule has 0 radical (unpaired) electrons. The number of thiazole rings is 1. The summed E-state index contributed by atoms with van der Waals surface area (Å²) in [6.45, 7) is 7.71. The van der Waals surface area contributed by atoms with Crippen LogP contribution < -0.4 is 4.90 Å². The second kappa shape index (κ2) is 12.0. The van der Waals surface area contributed by atoms with E-state index < -0.39 is 0 Å². The summed E-state index contributed by atoms with van der Waals surface area (Å²) in [6.07, 6.45) is 0.879. The summed E-state index contributed by atoms with van der Waals surface area (Å²) in [7, 11) is 1.81. The second-order valence-corrected chi connectivity index (χ2v) is 11.1. The minimum atomic E-state index is 0.0477. The summed E-state index contributed by atoms with van der Waals surface area (Å²) >= 11 is 1.62. The van der Waals surface area contributed by atoms with Gasteiger partial charge in [0.05, 0.1) is 28.5 Å². The van der Waals surface area contributed by atoms with Gasteiger partial charge in [0, 0.05) is 56.5 Å². The highest BCUT2D eigenvalue weighted by Crippen LogP contribution is 2.29. The number of rotatable bonds is 8. The molecule has 1 aliphatic rings. The normalized spacial score (nSPS) is 14.0. The Morgan fingerprint density at radius 1 is 0.949 bits per heavy atom.